The minimum Gasteiger partial charge on any atom is -0.481 e. The molecule has 2 saturated heterocycles. The van der Waals surface area contributed by atoms with Crippen LogP contribution in [0.4, 0.5) is 0 Å². The molecule has 2 aliphatic rings. The Morgan fingerprint density at radius 3 is 2.64 bits per heavy atom. The molecule has 9 heteroatoms. The van der Waals surface area contributed by atoms with Gasteiger partial charge in [-0.15, -0.1) is 0 Å². The third-order valence-electron chi connectivity index (χ3n) is 4.06. The highest BCUT2D eigenvalue weighted by atomic mass is 32.2. The second-order valence-electron chi connectivity index (χ2n) is 5.84. The minimum atomic E-state index is -3.29. The minimum absolute atomic E-state index is 0.105. The zero-order valence-corrected chi connectivity index (χ0v) is 13.4. The molecular formula is C13H22N2O6S. The molecule has 2 aliphatic heterocycles. The van der Waals surface area contributed by atoms with Crippen molar-refractivity contribution in [2.45, 2.75) is 25.4 Å². The summed E-state index contributed by atoms with van der Waals surface area (Å²) < 4.78 is 29.9. The normalized spacial score (nSPS) is 27.6. The summed E-state index contributed by atoms with van der Waals surface area (Å²) >= 11 is 0. The van der Waals surface area contributed by atoms with E-state index in [2.05, 4.69) is 0 Å². The Labute approximate surface area is 130 Å². The summed E-state index contributed by atoms with van der Waals surface area (Å²) in [5.74, 6) is -1.42. The van der Waals surface area contributed by atoms with Crippen LogP contribution in [0, 0.1) is 5.92 Å². The predicted molar refractivity (Wildman–Crippen MR) is 77.7 cm³/mol. The van der Waals surface area contributed by atoms with E-state index in [4.69, 9.17) is 9.84 Å². The van der Waals surface area contributed by atoms with Gasteiger partial charge in [-0.25, -0.2) is 12.7 Å². The van der Waals surface area contributed by atoms with E-state index >= 15 is 0 Å². The van der Waals surface area contributed by atoms with Crippen molar-refractivity contribution in [2.75, 3.05) is 39.0 Å². The zero-order chi connectivity index (χ0) is 16.3. The van der Waals surface area contributed by atoms with Gasteiger partial charge in [-0.1, -0.05) is 0 Å². The molecule has 2 fully saturated rings. The summed E-state index contributed by atoms with van der Waals surface area (Å²) in [6, 6.07) is 0. The number of ether oxygens (including phenoxy) is 1. The lowest BCUT2D eigenvalue weighted by atomic mass is 9.97. The van der Waals surface area contributed by atoms with Gasteiger partial charge in [-0.2, -0.15) is 0 Å². The highest BCUT2D eigenvalue weighted by Gasteiger charge is 2.34. The van der Waals surface area contributed by atoms with Crippen molar-refractivity contribution in [3.8, 4) is 0 Å². The van der Waals surface area contributed by atoms with Crippen molar-refractivity contribution >= 4 is 21.9 Å². The standard InChI is InChI=1S/C13H22N2O6S/c1-22(19,20)15-4-2-3-10(8-15)13(18)14-5-6-21-11(9-14)7-12(16)17/h10-11H,2-9H2,1H3,(H,16,17)/t10-,11-/m0/s1. The van der Waals surface area contributed by atoms with Crippen LogP contribution in [0.25, 0.3) is 0 Å². The van der Waals surface area contributed by atoms with Crippen molar-refractivity contribution in [3.05, 3.63) is 0 Å². The number of carbonyl (C=O) groups is 2. The number of sulfonamides is 1. The lowest BCUT2D eigenvalue weighted by Gasteiger charge is -2.37. The first kappa shape index (κ1) is 17.2. The Balaban J connectivity index is 1.97. The molecule has 126 valence electrons. The number of hydrogen-bond acceptors (Lipinski definition) is 5. The van der Waals surface area contributed by atoms with Crippen molar-refractivity contribution in [1.82, 2.24) is 9.21 Å². The van der Waals surface area contributed by atoms with Crippen molar-refractivity contribution in [1.29, 1.82) is 0 Å². The van der Waals surface area contributed by atoms with Gasteiger partial charge in [0.1, 0.15) is 0 Å². The molecule has 1 amide bonds. The average molecular weight is 334 g/mol. The van der Waals surface area contributed by atoms with E-state index in [-0.39, 0.29) is 31.3 Å². The number of carboxylic acids is 1. The first-order valence-electron chi connectivity index (χ1n) is 7.34. The van der Waals surface area contributed by atoms with Crippen LogP contribution in [-0.2, 0) is 24.3 Å². The molecule has 2 atom stereocenters. The molecule has 0 unspecified atom stereocenters. The fraction of sp³-hybridized carbons (Fsp3) is 0.846. The third-order valence-corrected chi connectivity index (χ3v) is 5.32. The number of carboxylic acid groups (broad SMARTS) is 1. The van der Waals surface area contributed by atoms with Crippen LogP contribution < -0.4 is 0 Å². The highest BCUT2D eigenvalue weighted by Crippen LogP contribution is 2.22. The molecule has 0 aromatic carbocycles. The van der Waals surface area contributed by atoms with Gasteiger partial charge in [0.25, 0.3) is 0 Å². The second-order valence-corrected chi connectivity index (χ2v) is 7.82. The van der Waals surface area contributed by atoms with E-state index in [1.54, 1.807) is 4.90 Å². The number of morpholine rings is 1. The average Bonchev–Trinajstić information content (AvgIpc) is 2.45. The first-order chi connectivity index (χ1) is 10.3. The van der Waals surface area contributed by atoms with Crippen molar-refractivity contribution in [3.63, 3.8) is 0 Å². The largest absolute Gasteiger partial charge is 0.481 e. The van der Waals surface area contributed by atoms with Gasteiger partial charge in [0.2, 0.25) is 15.9 Å². The molecule has 0 bridgehead atoms. The van der Waals surface area contributed by atoms with Crippen LogP contribution in [0.3, 0.4) is 0 Å². The number of carbonyl (C=O) groups excluding carboxylic acids is 1. The van der Waals surface area contributed by atoms with Crippen LogP contribution >= 0.6 is 0 Å². The Bertz CT molecular complexity index is 535. The van der Waals surface area contributed by atoms with E-state index in [1.165, 1.54) is 4.31 Å². The fourth-order valence-corrected chi connectivity index (χ4v) is 3.85. The van der Waals surface area contributed by atoms with Gasteiger partial charge in [0.15, 0.2) is 0 Å². The maximum Gasteiger partial charge on any atom is 0.306 e. The second kappa shape index (κ2) is 6.93. The van der Waals surface area contributed by atoms with Crippen LogP contribution in [0.5, 0.6) is 0 Å². The lowest BCUT2D eigenvalue weighted by molar-refractivity contribution is -0.150. The highest BCUT2D eigenvalue weighted by molar-refractivity contribution is 7.88. The summed E-state index contributed by atoms with van der Waals surface area (Å²) in [7, 11) is -3.29. The fourth-order valence-electron chi connectivity index (χ4n) is 2.94. The number of nitrogens with zero attached hydrogens (tertiary/aromatic N) is 2. The van der Waals surface area contributed by atoms with E-state index in [9.17, 15) is 18.0 Å². The van der Waals surface area contributed by atoms with E-state index in [0.717, 1.165) is 6.26 Å². The SMILES string of the molecule is CS(=O)(=O)N1CCC[C@H](C(=O)N2CCO[C@@H](CC(=O)O)C2)C1. The summed E-state index contributed by atoms with van der Waals surface area (Å²) in [6.45, 7) is 1.64. The third kappa shape index (κ3) is 4.40. The quantitative estimate of drug-likeness (QED) is 0.733. The number of piperidine rings is 1. The number of hydrogen-bond donors (Lipinski definition) is 1. The van der Waals surface area contributed by atoms with Gasteiger partial charge < -0.3 is 14.7 Å². The molecule has 0 aromatic heterocycles. The summed E-state index contributed by atoms with van der Waals surface area (Å²) in [6.07, 6.45) is 1.84. The molecule has 22 heavy (non-hydrogen) atoms. The molecular weight excluding hydrogens is 312 g/mol. The summed E-state index contributed by atoms with van der Waals surface area (Å²) in [5.41, 5.74) is 0. The summed E-state index contributed by atoms with van der Waals surface area (Å²) in [5, 5.41) is 8.81. The van der Waals surface area contributed by atoms with E-state index < -0.39 is 22.1 Å². The van der Waals surface area contributed by atoms with Gasteiger partial charge >= 0.3 is 5.97 Å². The molecule has 0 aliphatic carbocycles. The van der Waals surface area contributed by atoms with Crippen molar-refractivity contribution in [2.24, 2.45) is 5.92 Å². The van der Waals surface area contributed by atoms with Gasteiger partial charge in [-0.05, 0) is 12.8 Å². The summed E-state index contributed by atoms with van der Waals surface area (Å²) in [4.78, 5) is 24.9. The Hall–Kier alpha value is -1.19. The lowest BCUT2D eigenvalue weighted by Crippen LogP contribution is -2.51. The van der Waals surface area contributed by atoms with Crippen LogP contribution in [-0.4, -0.2) is 79.8 Å². The molecule has 0 aromatic rings. The Morgan fingerprint density at radius 2 is 2.00 bits per heavy atom. The first-order valence-corrected chi connectivity index (χ1v) is 9.19. The van der Waals surface area contributed by atoms with E-state index in [0.29, 0.717) is 32.5 Å². The van der Waals surface area contributed by atoms with Gasteiger partial charge in [0, 0.05) is 26.2 Å². The smallest absolute Gasteiger partial charge is 0.306 e. The number of rotatable bonds is 4. The maximum atomic E-state index is 12.6. The van der Waals surface area contributed by atoms with Crippen molar-refractivity contribution < 1.29 is 27.9 Å². The van der Waals surface area contributed by atoms with Crippen LogP contribution in [0.1, 0.15) is 19.3 Å². The molecule has 0 radical (unpaired) electrons. The van der Waals surface area contributed by atoms with Gasteiger partial charge in [-0.3, -0.25) is 9.59 Å². The van der Waals surface area contributed by atoms with Crippen LogP contribution in [0.2, 0.25) is 0 Å². The molecule has 8 nitrogen and oxygen atoms in total. The maximum absolute atomic E-state index is 12.6. The molecule has 0 saturated carbocycles. The zero-order valence-electron chi connectivity index (χ0n) is 12.6. The number of amides is 1. The van der Waals surface area contributed by atoms with E-state index in [1.807, 2.05) is 0 Å². The number of aliphatic carboxylic acids is 1. The monoisotopic (exact) mass is 334 g/mol. The molecule has 0 spiro atoms. The Kier molecular flexibility index (Phi) is 5.41. The van der Waals surface area contributed by atoms with Crippen LogP contribution in [0.15, 0.2) is 0 Å². The topological polar surface area (TPSA) is 104 Å². The molecule has 2 rings (SSSR count). The van der Waals surface area contributed by atoms with Gasteiger partial charge in [0.05, 0.1) is 31.3 Å². The Morgan fingerprint density at radius 1 is 1.27 bits per heavy atom. The molecule has 1 N–H and O–H groups in total. The molecule has 2 heterocycles. The predicted octanol–water partition coefficient (Wildman–Crippen LogP) is -0.640.